The minimum absolute atomic E-state index is 0.00720. The van der Waals surface area contributed by atoms with Crippen molar-refractivity contribution in [3.63, 3.8) is 0 Å². The minimum atomic E-state index is -4.37. The highest BCUT2D eigenvalue weighted by molar-refractivity contribution is 7.98. The monoisotopic (exact) mass is 384 g/mol. The SMILES string of the molecule is O=c1nc(SCc2cccc(C(F)(F)F)c2)c2c(n1CCCO)CCC2. The molecular weight excluding hydrogens is 365 g/mol. The van der Waals surface area contributed by atoms with Gasteiger partial charge in [-0.25, -0.2) is 4.79 Å². The van der Waals surface area contributed by atoms with Crippen molar-refractivity contribution in [1.29, 1.82) is 0 Å². The molecule has 0 aliphatic heterocycles. The van der Waals surface area contributed by atoms with Crippen LogP contribution in [0.2, 0.25) is 0 Å². The third-order valence-corrected chi connectivity index (χ3v) is 5.46. The molecule has 3 rings (SSSR count). The molecule has 0 saturated heterocycles. The molecular formula is C18H19F3N2O2S. The number of aromatic nitrogens is 2. The van der Waals surface area contributed by atoms with E-state index >= 15 is 0 Å². The molecule has 0 unspecified atom stereocenters. The lowest BCUT2D eigenvalue weighted by Crippen LogP contribution is -2.27. The van der Waals surface area contributed by atoms with Crippen LogP contribution in [0.3, 0.4) is 0 Å². The van der Waals surface area contributed by atoms with Crippen LogP contribution in [0.4, 0.5) is 13.2 Å². The van der Waals surface area contributed by atoms with Gasteiger partial charge in [-0.15, -0.1) is 11.8 Å². The molecule has 1 aromatic heterocycles. The first-order valence-corrected chi connectivity index (χ1v) is 9.41. The molecule has 8 heteroatoms. The molecule has 0 bridgehead atoms. The standard InChI is InChI=1S/C18H19F3N2O2S/c19-18(20,21)13-5-1-4-12(10-13)11-26-16-14-6-2-7-15(14)23(8-3-9-24)17(25)22-16/h1,4-5,10,24H,2-3,6-9,11H2. The van der Waals surface area contributed by atoms with Gasteiger partial charge in [-0.05, 0) is 37.3 Å². The third-order valence-electron chi connectivity index (χ3n) is 4.37. The van der Waals surface area contributed by atoms with Crippen molar-refractivity contribution in [1.82, 2.24) is 9.55 Å². The predicted molar refractivity (Wildman–Crippen MR) is 93.2 cm³/mol. The van der Waals surface area contributed by atoms with Gasteiger partial charge in [-0.2, -0.15) is 18.2 Å². The Balaban J connectivity index is 1.82. The van der Waals surface area contributed by atoms with E-state index in [4.69, 9.17) is 5.11 Å². The lowest BCUT2D eigenvalue weighted by atomic mass is 10.1. The number of alkyl halides is 3. The molecule has 0 spiro atoms. The summed E-state index contributed by atoms with van der Waals surface area (Å²) in [7, 11) is 0. The topological polar surface area (TPSA) is 55.1 Å². The number of fused-ring (bicyclic) bond motifs is 1. The van der Waals surface area contributed by atoms with Crippen LogP contribution in [0.25, 0.3) is 0 Å². The lowest BCUT2D eigenvalue weighted by molar-refractivity contribution is -0.137. The second-order valence-electron chi connectivity index (χ2n) is 6.19. The van der Waals surface area contributed by atoms with E-state index in [9.17, 15) is 18.0 Å². The van der Waals surface area contributed by atoms with Gasteiger partial charge in [-0.1, -0.05) is 18.2 Å². The van der Waals surface area contributed by atoms with E-state index < -0.39 is 11.7 Å². The molecule has 0 amide bonds. The van der Waals surface area contributed by atoms with Crippen molar-refractivity contribution in [2.24, 2.45) is 0 Å². The molecule has 0 atom stereocenters. The molecule has 1 aliphatic carbocycles. The van der Waals surface area contributed by atoms with Crippen molar-refractivity contribution in [2.75, 3.05) is 6.61 Å². The van der Waals surface area contributed by atoms with Crippen LogP contribution in [0.5, 0.6) is 0 Å². The Bertz CT molecular complexity index is 849. The Hall–Kier alpha value is -1.80. The molecule has 0 fully saturated rings. The van der Waals surface area contributed by atoms with Crippen LogP contribution >= 0.6 is 11.8 Å². The largest absolute Gasteiger partial charge is 0.416 e. The molecule has 1 aromatic carbocycles. The second-order valence-corrected chi connectivity index (χ2v) is 7.16. The number of hydrogen-bond acceptors (Lipinski definition) is 4. The summed E-state index contributed by atoms with van der Waals surface area (Å²) in [6.45, 7) is 0.441. The van der Waals surface area contributed by atoms with Crippen LogP contribution in [-0.4, -0.2) is 21.3 Å². The zero-order valence-electron chi connectivity index (χ0n) is 14.1. The van der Waals surface area contributed by atoms with E-state index in [0.29, 0.717) is 29.3 Å². The van der Waals surface area contributed by atoms with Crippen molar-refractivity contribution in [3.8, 4) is 0 Å². The number of hydrogen-bond donors (Lipinski definition) is 1. The molecule has 140 valence electrons. The van der Waals surface area contributed by atoms with Gasteiger partial charge in [0.1, 0.15) is 5.03 Å². The zero-order valence-corrected chi connectivity index (χ0v) is 14.9. The van der Waals surface area contributed by atoms with Crippen LogP contribution in [0.15, 0.2) is 34.1 Å². The Morgan fingerprint density at radius 2 is 2.08 bits per heavy atom. The maximum Gasteiger partial charge on any atom is 0.416 e. The highest BCUT2D eigenvalue weighted by Crippen LogP contribution is 2.33. The number of rotatable bonds is 6. The van der Waals surface area contributed by atoms with Crippen LogP contribution in [-0.2, 0) is 31.3 Å². The summed E-state index contributed by atoms with van der Waals surface area (Å²) in [5.74, 6) is 0.323. The normalized spacial score (nSPS) is 13.8. The summed E-state index contributed by atoms with van der Waals surface area (Å²) < 4.78 is 40.1. The van der Waals surface area contributed by atoms with Gasteiger partial charge in [0.2, 0.25) is 0 Å². The van der Waals surface area contributed by atoms with Crippen LogP contribution in [0.1, 0.15) is 35.2 Å². The number of aliphatic hydroxyl groups is 1. The Labute approximate surface area is 153 Å². The summed E-state index contributed by atoms with van der Waals surface area (Å²) >= 11 is 1.30. The fourth-order valence-corrected chi connectivity index (χ4v) is 4.17. The van der Waals surface area contributed by atoms with E-state index in [1.807, 2.05) is 0 Å². The Kier molecular flexibility index (Phi) is 5.72. The van der Waals surface area contributed by atoms with E-state index in [2.05, 4.69) is 4.98 Å². The average molecular weight is 384 g/mol. The quantitative estimate of drug-likeness (QED) is 0.613. The molecule has 2 aromatic rings. The molecule has 1 heterocycles. The van der Waals surface area contributed by atoms with Crippen molar-refractivity contribution >= 4 is 11.8 Å². The van der Waals surface area contributed by atoms with Gasteiger partial charge >= 0.3 is 11.9 Å². The minimum Gasteiger partial charge on any atom is -0.396 e. The highest BCUT2D eigenvalue weighted by Gasteiger charge is 2.30. The first kappa shape index (κ1) is 19.0. The smallest absolute Gasteiger partial charge is 0.396 e. The van der Waals surface area contributed by atoms with E-state index in [1.54, 1.807) is 10.6 Å². The maximum absolute atomic E-state index is 12.8. The van der Waals surface area contributed by atoms with Crippen LogP contribution < -0.4 is 5.69 Å². The zero-order chi connectivity index (χ0) is 18.7. The lowest BCUT2D eigenvalue weighted by Gasteiger charge is -2.14. The molecule has 1 N–H and O–H groups in total. The molecule has 4 nitrogen and oxygen atoms in total. The van der Waals surface area contributed by atoms with Crippen molar-refractivity contribution in [3.05, 3.63) is 57.1 Å². The predicted octanol–water partition coefficient (Wildman–Crippen LogP) is 3.43. The number of thioether (sulfide) groups is 1. The Morgan fingerprint density at radius 3 is 2.81 bits per heavy atom. The highest BCUT2D eigenvalue weighted by atomic mass is 32.2. The van der Waals surface area contributed by atoms with E-state index in [-0.39, 0.29) is 12.3 Å². The Morgan fingerprint density at radius 1 is 1.27 bits per heavy atom. The summed E-state index contributed by atoms with van der Waals surface area (Å²) in [4.78, 5) is 16.5. The van der Waals surface area contributed by atoms with E-state index in [1.165, 1.54) is 17.8 Å². The van der Waals surface area contributed by atoms with Gasteiger partial charge in [0, 0.05) is 30.2 Å². The maximum atomic E-state index is 12.8. The summed E-state index contributed by atoms with van der Waals surface area (Å²) in [5, 5.41) is 9.60. The number of aliphatic hydroxyl groups excluding tert-OH is 1. The molecule has 1 aliphatic rings. The fraction of sp³-hybridized carbons (Fsp3) is 0.444. The van der Waals surface area contributed by atoms with Gasteiger partial charge in [0.25, 0.3) is 0 Å². The van der Waals surface area contributed by atoms with Gasteiger partial charge in [-0.3, -0.25) is 4.57 Å². The molecule has 26 heavy (non-hydrogen) atoms. The number of halogens is 3. The summed E-state index contributed by atoms with van der Waals surface area (Å²) in [6.07, 6.45) is -1.35. The van der Waals surface area contributed by atoms with Gasteiger partial charge in [0.05, 0.1) is 5.56 Å². The fourth-order valence-electron chi connectivity index (χ4n) is 3.15. The van der Waals surface area contributed by atoms with Crippen molar-refractivity contribution in [2.45, 2.75) is 49.2 Å². The number of benzene rings is 1. The van der Waals surface area contributed by atoms with E-state index in [0.717, 1.165) is 42.7 Å². The van der Waals surface area contributed by atoms with Crippen molar-refractivity contribution < 1.29 is 18.3 Å². The van der Waals surface area contributed by atoms with Gasteiger partial charge < -0.3 is 5.11 Å². The van der Waals surface area contributed by atoms with Crippen LogP contribution in [0, 0.1) is 0 Å². The first-order chi connectivity index (χ1) is 12.4. The van der Waals surface area contributed by atoms with Gasteiger partial charge in [0.15, 0.2) is 0 Å². The molecule has 0 saturated carbocycles. The third kappa shape index (κ3) is 4.12. The summed E-state index contributed by atoms with van der Waals surface area (Å²) in [5.41, 5.74) is 1.48. The molecule has 0 radical (unpaired) electrons. The first-order valence-electron chi connectivity index (χ1n) is 8.42. The number of nitrogens with zero attached hydrogens (tertiary/aromatic N) is 2. The second kappa shape index (κ2) is 7.84. The summed E-state index contributed by atoms with van der Waals surface area (Å²) in [6, 6.07) is 5.22. The average Bonchev–Trinajstić information content (AvgIpc) is 3.08.